The monoisotopic (exact) mass is 481 g/mol. The zero-order valence-electron chi connectivity index (χ0n) is 21.6. The van der Waals surface area contributed by atoms with Crippen LogP contribution < -0.4 is 5.46 Å². The molecule has 180 valence electrons. The maximum atomic E-state index is 9.28. The van der Waals surface area contributed by atoms with Crippen LogP contribution in [0.5, 0.6) is 0 Å². The minimum atomic E-state index is -0.383. The second-order valence-electron chi connectivity index (χ2n) is 10.7. The Morgan fingerprint density at radius 1 is 0.568 bits per heavy atom. The van der Waals surface area contributed by atoms with Crippen LogP contribution in [-0.2, 0) is 9.31 Å². The van der Waals surface area contributed by atoms with Crippen LogP contribution in [0.25, 0.3) is 43.8 Å². The second kappa shape index (κ2) is 8.59. The summed E-state index contributed by atoms with van der Waals surface area (Å²) < 4.78 is 12.6. The van der Waals surface area contributed by atoms with Gasteiger partial charge in [0.05, 0.1) is 22.8 Å². The van der Waals surface area contributed by atoms with Gasteiger partial charge in [-0.1, -0.05) is 84.9 Å². The second-order valence-corrected chi connectivity index (χ2v) is 10.7. The van der Waals surface area contributed by atoms with Gasteiger partial charge in [-0.25, -0.2) is 0 Å². The molecular formula is C33H28BNO2. The number of hydrogen-bond acceptors (Lipinski definition) is 3. The van der Waals surface area contributed by atoms with Crippen LogP contribution in [0.4, 0.5) is 0 Å². The molecule has 0 aromatic heterocycles. The molecule has 5 aromatic carbocycles. The van der Waals surface area contributed by atoms with Crippen molar-refractivity contribution >= 4 is 34.1 Å². The van der Waals surface area contributed by atoms with Crippen molar-refractivity contribution in [2.75, 3.05) is 0 Å². The first-order valence-corrected chi connectivity index (χ1v) is 12.7. The van der Waals surface area contributed by atoms with E-state index in [1.165, 1.54) is 32.7 Å². The number of benzene rings is 5. The Morgan fingerprint density at radius 2 is 0.946 bits per heavy atom. The van der Waals surface area contributed by atoms with Crippen LogP contribution >= 0.6 is 0 Å². The highest BCUT2D eigenvalue weighted by Crippen LogP contribution is 2.43. The summed E-state index contributed by atoms with van der Waals surface area (Å²) in [6.45, 7) is 8.31. The largest absolute Gasteiger partial charge is 0.494 e. The van der Waals surface area contributed by atoms with Gasteiger partial charge in [0, 0.05) is 0 Å². The fourth-order valence-electron chi connectivity index (χ4n) is 5.25. The minimum Gasteiger partial charge on any atom is -0.399 e. The van der Waals surface area contributed by atoms with Crippen molar-refractivity contribution in [1.82, 2.24) is 0 Å². The fourth-order valence-corrected chi connectivity index (χ4v) is 5.25. The molecule has 0 unspecified atom stereocenters. The molecule has 4 heteroatoms. The zero-order chi connectivity index (χ0) is 25.8. The lowest BCUT2D eigenvalue weighted by Crippen LogP contribution is -2.41. The molecule has 0 radical (unpaired) electrons. The van der Waals surface area contributed by atoms with Gasteiger partial charge < -0.3 is 9.31 Å². The van der Waals surface area contributed by atoms with Crippen molar-refractivity contribution in [3.8, 4) is 28.3 Å². The zero-order valence-corrected chi connectivity index (χ0v) is 21.6. The Bertz CT molecular complexity index is 1610. The first-order chi connectivity index (χ1) is 17.8. The quantitative estimate of drug-likeness (QED) is 0.198. The smallest absolute Gasteiger partial charge is 0.399 e. The lowest BCUT2D eigenvalue weighted by atomic mass is 9.78. The SMILES string of the molecule is CC1(C)OB(c2ccc(-c3c4ccccc4c(-c4ccc(C#N)cc4)c4ccccc34)cc2)OC1(C)C. The van der Waals surface area contributed by atoms with Gasteiger partial charge in [-0.2, -0.15) is 5.26 Å². The third kappa shape index (κ3) is 3.83. The third-order valence-electron chi connectivity index (χ3n) is 7.96. The van der Waals surface area contributed by atoms with Gasteiger partial charge >= 0.3 is 7.12 Å². The molecule has 0 bridgehead atoms. The van der Waals surface area contributed by atoms with E-state index >= 15 is 0 Å². The van der Waals surface area contributed by atoms with Crippen LogP contribution in [0.1, 0.15) is 33.3 Å². The Labute approximate surface area is 218 Å². The summed E-state index contributed by atoms with van der Waals surface area (Å²) in [5.74, 6) is 0. The van der Waals surface area contributed by atoms with Crippen LogP contribution in [0.2, 0.25) is 0 Å². The number of hydrogen-bond donors (Lipinski definition) is 0. The summed E-state index contributed by atoms with van der Waals surface area (Å²) >= 11 is 0. The molecule has 0 amide bonds. The van der Waals surface area contributed by atoms with E-state index in [1.54, 1.807) is 0 Å². The highest BCUT2D eigenvalue weighted by molar-refractivity contribution is 6.62. The van der Waals surface area contributed by atoms with E-state index in [4.69, 9.17) is 9.31 Å². The maximum absolute atomic E-state index is 9.28. The van der Waals surface area contributed by atoms with Crippen molar-refractivity contribution < 1.29 is 9.31 Å². The normalized spacial score (nSPS) is 16.2. The van der Waals surface area contributed by atoms with E-state index in [0.717, 1.165) is 16.6 Å². The highest BCUT2D eigenvalue weighted by Gasteiger charge is 2.51. The molecule has 6 rings (SSSR count). The Morgan fingerprint density at radius 3 is 1.32 bits per heavy atom. The van der Waals surface area contributed by atoms with E-state index in [0.29, 0.717) is 5.56 Å². The van der Waals surface area contributed by atoms with Crippen LogP contribution in [0, 0.1) is 11.3 Å². The van der Waals surface area contributed by atoms with Gasteiger partial charge in [-0.15, -0.1) is 0 Å². The highest BCUT2D eigenvalue weighted by atomic mass is 16.7. The summed E-state index contributed by atoms with van der Waals surface area (Å²) in [5.41, 5.74) is 5.60. The molecular weight excluding hydrogens is 453 g/mol. The number of rotatable bonds is 3. The molecule has 1 aliphatic rings. The molecule has 37 heavy (non-hydrogen) atoms. The fraction of sp³-hybridized carbons (Fsp3) is 0.182. The molecule has 0 saturated carbocycles. The van der Waals surface area contributed by atoms with E-state index in [2.05, 4.69) is 107 Å². The van der Waals surface area contributed by atoms with Gasteiger partial charge in [0.1, 0.15) is 0 Å². The first-order valence-electron chi connectivity index (χ1n) is 12.7. The van der Waals surface area contributed by atoms with Gasteiger partial charge in [-0.05, 0) is 89.1 Å². The van der Waals surface area contributed by atoms with Gasteiger partial charge in [-0.3, -0.25) is 0 Å². The molecule has 0 aliphatic carbocycles. The average Bonchev–Trinajstić information content (AvgIpc) is 3.14. The molecule has 5 aromatic rings. The Balaban J connectivity index is 1.52. The Hall–Kier alpha value is -3.91. The van der Waals surface area contributed by atoms with E-state index in [1.807, 2.05) is 24.3 Å². The summed E-state index contributed by atoms with van der Waals surface area (Å²) in [5, 5.41) is 14.1. The van der Waals surface area contributed by atoms with Gasteiger partial charge in [0.25, 0.3) is 0 Å². The molecule has 0 atom stereocenters. The van der Waals surface area contributed by atoms with E-state index in [9.17, 15) is 5.26 Å². The molecule has 0 N–H and O–H groups in total. The third-order valence-corrected chi connectivity index (χ3v) is 7.96. The molecule has 1 heterocycles. The van der Waals surface area contributed by atoms with E-state index < -0.39 is 0 Å². The van der Waals surface area contributed by atoms with E-state index in [-0.39, 0.29) is 18.3 Å². The van der Waals surface area contributed by atoms with Crippen LogP contribution in [0.3, 0.4) is 0 Å². The molecule has 1 aliphatic heterocycles. The summed E-state index contributed by atoms with van der Waals surface area (Å²) in [7, 11) is -0.383. The minimum absolute atomic E-state index is 0.371. The van der Waals surface area contributed by atoms with Crippen molar-refractivity contribution in [1.29, 1.82) is 5.26 Å². The number of nitriles is 1. The van der Waals surface area contributed by atoms with Gasteiger partial charge in [0.2, 0.25) is 0 Å². The molecule has 1 fully saturated rings. The molecule has 3 nitrogen and oxygen atoms in total. The van der Waals surface area contributed by atoms with Crippen molar-refractivity contribution in [2.24, 2.45) is 0 Å². The predicted octanol–water partition coefficient (Wildman–Crippen LogP) is 7.50. The standard InChI is InChI=1S/C33H28BNO2/c1-32(2)33(3,4)37-34(36-32)25-19-17-24(18-20-25)31-28-11-7-5-9-26(28)30(27-10-6-8-12-29(27)31)23-15-13-22(21-35)14-16-23/h5-20H,1-4H3. The van der Waals surface area contributed by atoms with Crippen molar-refractivity contribution in [3.05, 3.63) is 103 Å². The van der Waals surface area contributed by atoms with Crippen molar-refractivity contribution in [3.63, 3.8) is 0 Å². The van der Waals surface area contributed by atoms with Crippen molar-refractivity contribution in [2.45, 2.75) is 38.9 Å². The number of fused-ring (bicyclic) bond motifs is 2. The summed E-state index contributed by atoms with van der Waals surface area (Å²) in [4.78, 5) is 0. The summed E-state index contributed by atoms with van der Waals surface area (Å²) in [6, 6.07) is 35.9. The first kappa shape index (κ1) is 23.5. The topological polar surface area (TPSA) is 42.2 Å². The van der Waals surface area contributed by atoms with Gasteiger partial charge in [0.15, 0.2) is 0 Å². The van der Waals surface area contributed by atoms with Crippen LogP contribution in [0.15, 0.2) is 97.1 Å². The van der Waals surface area contributed by atoms with Crippen LogP contribution in [-0.4, -0.2) is 18.3 Å². The average molecular weight is 481 g/mol. The molecule has 0 spiro atoms. The lowest BCUT2D eigenvalue weighted by molar-refractivity contribution is 0.00578. The lowest BCUT2D eigenvalue weighted by Gasteiger charge is -2.32. The maximum Gasteiger partial charge on any atom is 0.494 e. The molecule has 1 saturated heterocycles. The summed E-state index contributed by atoms with van der Waals surface area (Å²) in [6.07, 6.45) is 0. The Kier molecular flexibility index (Phi) is 5.46. The number of nitrogens with zero attached hydrogens (tertiary/aromatic N) is 1. The predicted molar refractivity (Wildman–Crippen MR) is 153 cm³/mol.